The predicted molar refractivity (Wildman–Crippen MR) is 78.9 cm³/mol. The van der Waals surface area contributed by atoms with Gasteiger partial charge in [-0.3, -0.25) is 0 Å². The van der Waals surface area contributed by atoms with E-state index >= 15 is 0 Å². The van der Waals surface area contributed by atoms with Gasteiger partial charge >= 0.3 is 0 Å². The lowest BCUT2D eigenvalue weighted by atomic mass is 10.1. The van der Waals surface area contributed by atoms with E-state index in [1.54, 1.807) is 0 Å². The van der Waals surface area contributed by atoms with E-state index in [2.05, 4.69) is 46.1 Å². The van der Waals surface area contributed by atoms with Gasteiger partial charge in [0.25, 0.3) is 0 Å². The number of rotatable bonds is 4. The van der Waals surface area contributed by atoms with Crippen molar-refractivity contribution in [2.75, 3.05) is 18.5 Å². The summed E-state index contributed by atoms with van der Waals surface area (Å²) in [6.45, 7) is 1.16. The highest BCUT2D eigenvalue weighted by Crippen LogP contribution is 2.30. The molecule has 0 aromatic heterocycles. The van der Waals surface area contributed by atoms with Crippen molar-refractivity contribution in [2.45, 2.75) is 31.6 Å². The Labute approximate surface area is 117 Å². The van der Waals surface area contributed by atoms with Crippen LogP contribution < -0.4 is 4.90 Å². The van der Waals surface area contributed by atoms with Crippen molar-refractivity contribution in [1.29, 1.82) is 0 Å². The molecule has 2 rings (SSSR count). The molecule has 0 spiro atoms. The van der Waals surface area contributed by atoms with E-state index in [4.69, 9.17) is 11.6 Å². The van der Waals surface area contributed by atoms with Crippen LogP contribution in [0.1, 0.15) is 31.2 Å². The van der Waals surface area contributed by atoms with Crippen LogP contribution in [0.25, 0.3) is 0 Å². The van der Waals surface area contributed by atoms with E-state index in [1.807, 2.05) is 0 Å². The maximum atomic E-state index is 6.02. The monoisotopic (exact) mass is 315 g/mol. The van der Waals surface area contributed by atoms with Crippen LogP contribution in [0, 0.1) is 5.92 Å². The fraction of sp³-hybridized carbons (Fsp3) is 0.571. The molecule has 1 fully saturated rings. The molecule has 3 heteroatoms. The Balaban J connectivity index is 2.09. The molecule has 0 unspecified atom stereocenters. The second-order valence-corrected chi connectivity index (χ2v) is 6.12. The van der Waals surface area contributed by atoms with Gasteiger partial charge in [0.15, 0.2) is 0 Å². The van der Waals surface area contributed by atoms with Gasteiger partial charge in [0.1, 0.15) is 0 Å². The van der Waals surface area contributed by atoms with E-state index in [0.717, 1.165) is 16.9 Å². The van der Waals surface area contributed by atoms with Gasteiger partial charge in [-0.1, -0.05) is 28.8 Å². The van der Waals surface area contributed by atoms with Gasteiger partial charge in [-0.2, -0.15) is 0 Å². The van der Waals surface area contributed by atoms with Gasteiger partial charge in [-0.15, -0.1) is 11.6 Å². The minimum atomic E-state index is 0.573. The summed E-state index contributed by atoms with van der Waals surface area (Å²) >= 11 is 9.51. The second kappa shape index (κ2) is 6.10. The zero-order valence-electron chi connectivity index (χ0n) is 10.3. The molecular weight excluding hydrogens is 298 g/mol. The Hall–Kier alpha value is -0.210. The van der Waals surface area contributed by atoms with Crippen molar-refractivity contribution in [3.8, 4) is 0 Å². The normalized spacial score (nSPS) is 16.4. The summed E-state index contributed by atoms with van der Waals surface area (Å²) in [5.74, 6) is 1.44. The number of alkyl halides is 1. The zero-order chi connectivity index (χ0) is 12.3. The van der Waals surface area contributed by atoms with Crippen LogP contribution in [-0.2, 0) is 5.88 Å². The number of nitrogens with zero attached hydrogens (tertiary/aromatic N) is 1. The average Bonchev–Trinajstić information content (AvgIpc) is 2.81. The van der Waals surface area contributed by atoms with Crippen molar-refractivity contribution in [1.82, 2.24) is 0 Å². The van der Waals surface area contributed by atoms with Gasteiger partial charge < -0.3 is 4.90 Å². The number of halogens is 2. The SMILES string of the molecule is CN(CC1CCCC1)c1ccc(Br)cc1CCl. The quantitative estimate of drug-likeness (QED) is 0.720. The standard InChI is InChI=1S/C14H19BrClN/c1-17(10-11-4-2-3-5-11)14-7-6-13(15)8-12(14)9-16/h6-8,11H,2-5,9-10H2,1H3. The van der Waals surface area contributed by atoms with E-state index < -0.39 is 0 Å². The molecule has 1 aromatic carbocycles. The Kier molecular flexibility index (Phi) is 4.75. The van der Waals surface area contributed by atoms with E-state index in [-0.39, 0.29) is 0 Å². The molecule has 1 nitrogen and oxygen atoms in total. The van der Waals surface area contributed by atoms with Crippen LogP contribution >= 0.6 is 27.5 Å². The van der Waals surface area contributed by atoms with Crippen molar-refractivity contribution in [2.24, 2.45) is 5.92 Å². The molecule has 1 saturated carbocycles. The van der Waals surface area contributed by atoms with E-state index in [0.29, 0.717) is 5.88 Å². The first kappa shape index (κ1) is 13.2. The zero-order valence-corrected chi connectivity index (χ0v) is 12.6. The Morgan fingerprint density at radius 2 is 2.06 bits per heavy atom. The van der Waals surface area contributed by atoms with Gasteiger partial charge in [0, 0.05) is 29.6 Å². The maximum absolute atomic E-state index is 6.02. The molecule has 0 saturated heterocycles. The molecule has 1 aliphatic carbocycles. The highest BCUT2D eigenvalue weighted by Gasteiger charge is 2.18. The third-order valence-electron chi connectivity index (χ3n) is 3.60. The number of hydrogen-bond acceptors (Lipinski definition) is 1. The molecule has 17 heavy (non-hydrogen) atoms. The van der Waals surface area contributed by atoms with Crippen LogP contribution in [-0.4, -0.2) is 13.6 Å². The highest BCUT2D eigenvalue weighted by atomic mass is 79.9. The van der Waals surface area contributed by atoms with Crippen molar-refractivity contribution < 1.29 is 0 Å². The van der Waals surface area contributed by atoms with Crippen molar-refractivity contribution in [3.63, 3.8) is 0 Å². The Morgan fingerprint density at radius 1 is 1.35 bits per heavy atom. The summed E-state index contributed by atoms with van der Waals surface area (Å²) in [5, 5.41) is 0. The average molecular weight is 317 g/mol. The fourth-order valence-corrected chi connectivity index (χ4v) is 3.33. The van der Waals surface area contributed by atoms with E-state index in [9.17, 15) is 0 Å². The summed E-state index contributed by atoms with van der Waals surface area (Å²) in [7, 11) is 2.18. The van der Waals surface area contributed by atoms with Crippen molar-refractivity contribution >= 4 is 33.2 Å². The summed E-state index contributed by atoms with van der Waals surface area (Å²) in [5.41, 5.74) is 2.48. The fourth-order valence-electron chi connectivity index (χ4n) is 2.71. The lowest BCUT2D eigenvalue weighted by molar-refractivity contribution is 0.546. The van der Waals surface area contributed by atoms with Crippen LogP contribution in [0.3, 0.4) is 0 Å². The summed E-state index contributed by atoms with van der Waals surface area (Å²) in [6.07, 6.45) is 5.58. The van der Waals surface area contributed by atoms with Crippen LogP contribution in [0.5, 0.6) is 0 Å². The third-order valence-corrected chi connectivity index (χ3v) is 4.38. The predicted octanol–water partition coefficient (Wildman–Crippen LogP) is 4.81. The van der Waals surface area contributed by atoms with Gasteiger partial charge in [0.05, 0.1) is 0 Å². The summed E-state index contributed by atoms with van der Waals surface area (Å²) in [6, 6.07) is 6.38. The Bertz CT molecular complexity index is 374. The summed E-state index contributed by atoms with van der Waals surface area (Å²) in [4.78, 5) is 2.36. The molecule has 0 heterocycles. The van der Waals surface area contributed by atoms with E-state index in [1.165, 1.54) is 36.9 Å². The molecule has 0 N–H and O–H groups in total. The third kappa shape index (κ3) is 3.38. The molecule has 1 aromatic rings. The number of hydrogen-bond donors (Lipinski definition) is 0. The van der Waals surface area contributed by atoms with Crippen LogP contribution in [0.4, 0.5) is 5.69 Å². The lowest BCUT2D eigenvalue weighted by Crippen LogP contribution is -2.24. The molecule has 0 amide bonds. The van der Waals surface area contributed by atoms with Crippen molar-refractivity contribution in [3.05, 3.63) is 28.2 Å². The first-order valence-corrected chi connectivity index (χ1v) is 7.59. The molecule has 0 atom stereocenters. The molecule has 1 aliphatic rings. The molecular formula is C14H19BrClN. The highest BCUT2D eigenvalue weighted by molar-refractivity contribution is 9.10. The number of benzene rings is 1. The molecule has 0 bridgehead atoms. The van der Waals surface area contributed by atoms with Crippen LogP contribution in [0.15, 0.2) is 22.7 Å². The second-order valence-electron chi connectivity index (χ2n) is 4.94. The van der Waals surface area contributed by atoms with Gasteiger partial charge in [-0.05, 0) is 42.5 Å². The summed E-state index contributed by atoms with van der Waals surface area (Å²) < 4.78 is 1.10. The maximum Gasteiger partial charge on any atom is 0.0494 e. The van der Waals surface area contributed by atoms with Crippen LogP contribution in [0.2, 0.25) is 0 Å². The molecule has 0 aliphatic heterocycles. The minimum Gasteiger partial charge on any atom is -0.374 e. The first-order chi connectivity index (χ1) is 8.20. The smallest absolute Gasteiger partial charge is 0.0494 e. The van der Waals surface area contributed by atoms with Gasteiger partial charge in [-0.25, -0.2) is 0 Å². The largest absolute Gasteiger partial charge is 0.374 e. The number of anilines is 1. The van der Waals surface area contributed by atoms with Gasteiger partial charge in [0.2, 0.25) is 0 Å². The molecule has 94 valence electrons. The molecule has 0 radical (unpaired) electrons. The first-order valence-electron chi connectivity index (χ1n) is 6.26. The lowest BCUT2D eigenvalue weighted by Gasteiger charge is -2.25. The topological polar surface area (TPSA) is 3.24 Å². The Morgan fingerprint density at radius 3 is 2.71 bits per heavy atom. The minimum absolute atomic E-state index is 0.573.